The van der Waals surface area contributed by atoms with Crippen LogP contribution >= 0.6 is 0 Å². The zero-order valence-corrected chi connectivity index (χ0v) is 26.7. The second kappa shape index (κ2) is 9.80. The number of rotatable bonds is 3. The van der Waals surface area contributed by atoms with Gasteiger partial charge in [0.2, 0.25) is 0 Å². The normalized spacial score (nSPS) is 12.3. The number of hydrogen-bond donors (Lipinski definition) is 0. The van der Waals surface area contributed by atoms with E-state index < -0.39 is 0 Å². The molecular weight excluding hydrogens is 555 g/mol. The number of aryl methyl sites for hydroxylation is 1. The van der Waals surface area contributed by atoms with Crippen LogP contribution in [-0.4, -0.2) is 4.57 Å². The Morgan fingerprint density at radius 1 is 0.457 bits per heavy atom. The highest BCUT2D eigenvalue weighted by atomic mass is 15.0. The minimum absolute atomic E-state index is 0.0849. The summed E-state index contributed by atoms with van der Waals surface area (Å²) in [5.74, 6) is 0. The summed E-state index contributed by atoms with van der Waals surface area (Å²) in [4.78, 5) is 0. The molecule has 0 bridgehead atoms. The first-order valence-electron chi connectivity index (χ1n) is 16.3. The van der Waals surface area contributed by atoms with Crippen LogP contribution in [0, 0.1) is 6.92 Å². The van der Waals surface area contributed by atoms with Crippen molar-refractivity contribution in [3.8, 4) is 27.9 Å². The topological polar surface area (TPSA) is 4.93 Å². The van der Waals surface area contributed by atoms with Gasteiger partial charge in [-0.05, 0) is 108 Å². The predicted octanol–water partition coefficient (Wildman–Crippen LogP) is 12.6. The lowest BCUT2D eigenvalue weighted by atomic mass is 9.81. The van der Waals surface area contributed by atoms with Crippen LogP contribution in [0.15, 0.2) is 140 Å². The molecule has 0 aliphatic carbocycles. The molecule has 1 heteroatoms. The van der Waals surface area contributed by atoms with Crippen molar-refractivity contribution in [2.45, 2.75) is 33.1 Å². The van der Waals surface area contributed by atoms with Crippen molar-refractivity contribution in [3.05, 3.63) is 151 Å². The highest BCUT2D eigenvalue weighted by Gasteiger charge is 2.20. The summed E-state index contributed by atoms with van der Waals surface area (Å²) in [7, 11) is 0. The smallest absolute Gasteiger partial charge is 0.0543 e. The maximum Gasteiger partial charge on any atom is 0.0543 e. The molecule has 0 amide bonds. The molecule has 9 rings (SSSR count). The van der Waals surface area contributed by atoms with Crippen LogP contribution in [0.2, 0.25) is 0 Å². The van der Waals surface area contributed by atoms with Crippen LogP contribution < -0.4 is 0 Å². The van der Waals surface area contributed by atoms with E-state index in [4.69, 9.17) is 0 Å². The Hall–Kier alpha value is -5.40. The average Bonchev–Trinajstić information content (AvgIpc) is 3.40. The van der Waals surface area contributed by atoms with Gasteiger partial charge >= 0.3 is 0 Å². The Kier molecular flexibility index (Phi) is 5.74. The van der Waals surface area contributed by atoms with Gasteiger partial charge < -0.3 is 4.57 Å². The van der Waals surface area contributed by atoms with Crippen LogP contribution in [0.3, 0.4) is 0 Å². The molecule has 0 spiro atoms. The SMILES string of the molecule is Cc1ccc2c3ccccc3n(-c3ccc(-c4cc(-c5ccccc5)c5ccc6cc(C(C)(C)C)cc7ccc4c5c67)cc3)c2c1. The summed E-state index contributed by atoms with van der Waals surface area (Å²) < 4.78 is 2.41. The van der Waals surface area contributed by atoms with Crippen molar-refractivity contribution in [2.24, 2.45) is 0 Å². The molecule has 0 aliphatic heterocycles. The lowest BCUT2D eigenvalue weighted by molar-refractivity contribution is 0.591. The van der Waals surface area contributed by atoms with Gasteiger partial charge in [0.25, 0.3) is 0 Å². The van der Waals surface area contributed by atoms with Crippen LogP contribution in [0.4, 0.5) is 0 Å². The third-order valence-corrected chi connectivity index (χ3v) is 9.93. The lowest BCUT2D eigenvalue weighted by Crippen LogP contribution is -2.10. The van der Waals surface area contributed by atoms with E-state index in [1.807, 2.05) is 0 Å². The van der Waals surface area contributed by atoms with Crippen molar-refractivity contribution < 1.29 is 0 Å². The molecule has 46 heavy (non-hydrogen) atoms. The van der Waals surface area contributed by atoms with Crippen molar-refractivity contribution in [1.82, 2.24) is 4.57 Å². The average molecular weight is 590 g/mol. The first-order valence-corrected chi connectivity index (χ1v) is 16.3. The Labute approximate surface area is 269 Å². The minimum Gasteiger partial charge on any atom is -0.309 e. The lowest BCUT2D eigenvalue weighted by Gasteiger charge is -2.23. The van der Waals surface area contributed by atoms with E-state index in [9.17, 15) is 0 Å². The summed E-state index contributed by atoms with van der Waals surface area (Å²) in [5.41, 5.74) is 11.4. The second-order valence-electron chi connectivity index (χ2n) is 13.9. The maximum absolute atomic E-state index is 2.41. The molecule has 1 aromatic heterocycles. The van der Waals surface area contributed by atoms with E-state index in [-0.39, 0.29) is 5.41 Å². The molecule has 0 fully saturated rings. The van der Waals surface area contributed by atoms with Gasteiger partial charge in [0.15, 0.2) is 0 Å². The van der Waals surface area contributed by atoms with E-state index in [2.05, 4.69) is 172 Å². The van der Waals surface area contributed by atoms with E-state index in [0.29, 0.717) is 0 Å². The second-order valence-corrected chi connectivity index (χ2v) is 13.9. The number of aromatic nitrogens is 1. The fraction of sp³-hybridized carbons (Fsp3) is 0.111. The van der Waals surface area contributed by atoms with Gasteiger partial charge in [-0.3, -0.25) is 0 Å². The molecule has 0 N–H and O–H groups in total. The van der Waals surface area contributed by atoms with Crippen molar-refractivity contribution in [1.29, 1.82) is 0 Å². The third-order valence-electron chi connectivity index (χ3n) is 9.93. The van der Waals surface area contributed by atoms with Gasteiger partial charge in [0.05, 0.1) is 11.0 Å². The van der Waals surface area contributed by atoms with E-state index in [0.717, 1.165) is 0 Å². The van der Waals surface area contributed by atoms with Crippen molar-refractivity contribution >= 4 is 54.1 Å². The Morgan fingerprint density at radius 3 is 1.72 bits per heavy atom. The number of nitrogens with zero attached hydrogens (tertiary/aromatic N) is 1. The first kappa shape index (κ1) is 27.0. The third kappa shape index (κ3) is 4.01. The summed E-state index contributed by atoms with van der Waals surface area (Å²) in [6.07, 6.45) is 0. The van der Waals surface area contributed by atoms with E-state index in [1.54, 1.807) is 0 Å². The summed E-state index contributed by atoms with van der Waals surface area (Å²) in [6, 6.07) is 52.2. The molecule has 220 valence electrons. The number of fused-ring (bicyclic) bond motifs is 3. The molecule has 1 heterocycles. The molecule has 0 aliphatic rings. The van der Waals surface area contributed by atoms with Gasteiger partial charge in [0.1, 0.15) is 0 Å². The Balaban J connectivity index is 1.30. The summed E-state index contributed by atoms with van der Waals surface area (Å²) in [6.45, 7) is 9.08. The molecule has 1 nitrogen and oxygen atoms in total. The zero-order valence-electron chi connectivity index (χ0n) is 26.7. The minimum atomic E-state index is 0.0849. The Bertz CT molecular complexity index is 2570. The van der Waals surface area contributed by atoms with Crippen LogP contribution in [0.5, 0.6) is 0 Å². The first-order chi connectivity index (χ1) is 22.3. The molecule has 9 aromatic rings. The van der Waals surface area contributed by atoms with E-state index in [1.165, 1.54) is 93.2 Å². The molecule has 0 saturated carbocycles. The van der Waals surface area contributed by atoms with Crippen LogP contribution in [0.25, 0.3) is 82.1 Å². The highest BCUT2D eigenvalue weighted by Crippen LogP contribution is 2.45. The fourth-order valence-corrected chi connectivity index (χ4v) is 7.59. The molecular formula is C45H35N. The number of hydrogen-bond acceptors (Lipinski definition) is 0. The fourth-order valence-electron chi connectivity index (χ4n) is 7.59. The van der Waals surface area contributed by atoms with Gasteiger partial charge in [-0.1, -0.05) is 130 Å². The largest absolute Gasteiger partial charge is 0.309 e. The van der Waals surface area contributed by atoms with Crippen molar-refractivity contribution in [3.63, 3.8) is 0 Å². The monoisotopic (exact) mass is 589 g/mol. The standard InChI is InChI=1S/C45H35N/c1-28-14-21-36-35-12-8-9-13-41(35)46(42(36)24-28)34-19-15-30(16-20-34)40-27-39(29-10-6-5-7-11-29)37-22-17-31-25-33(45(2,3)4)26-32-18-23-38(40)44(37)43(31)32/h5-27H,1-4H3. The van der Waals surface area contributed by atoms with Gasteiger partial charge in [0, 0.05) is 16.5 Å². The Morgan fingerprint density at radius 2 is 1.04 bits per heavy atom. The van der Waals surface area contributed by atoms with Crippen LogP contribution in [0.1, 0.15) is 31.9 Å². The predicted molar refractivity (Wildman–Crippen MR) is 199 cm³/mol. The maximum atomic E-state index is 2.41. The van der Waals surface area contributed by atoms with Crippen LogP contribution in [-0.2, 0) is 5.41 Å². The molecule has 0 saturated heterocycles. The molecule has 8 aromatic carbocycles. The summed E-state index contributed by atoms with van der Waals surface area (Å²) >= 11 is 0. The number of para-hydroxylation sites is 1. The molecule has 0 radical (unpaired) electrons. The quantitative estimate of drug-likeness (QED) is 0.181. The van der Waals surface area contributed by atoms with Gasteiger partial charge in [-0.15, -0.1) is 0 Å². The highest BCUT2D eigenvalue weighted by molar-refractivity contribution is 6.28. The number of benzene rings is 8. The zero-order chi connectivity index (χ0) is 31.2. The summed E-state index contributed by atoms with van der Waals surface area (Å²) in [5, 5.41) is 10.5. The molecule has 0 unspecified atom stereocenters. The molecule has 0 atom stereocenters. The van der Waals surface area contributed by atoms with E-state index >= 15 is 0 Å². The van der Waals surface area contributed by atoms with Gasteiger partial charge in [-0.25, -0.2) is 0 Å². The van der Waals surface area contributed by atoms with Crippen molar-refractivity contribution in [2.75, 3.05) is 0 Å². The van der Waals surface area contributed by atoms with Gasteiger partial charge in [-0.2, -0.15) is 0 Å².